The molecule has 0 unspecified atom stereocenters. The number of nitrogens with one attached hydrogen (secondary N) is 1. The van der Waals surface area contributed by atoms with Crippen LogP contribution in [-0.2, 0) is 11.2 Å². The molecule has 0 spiro atoms. The second-order valence-corrected chi connectivity index (χ2v) is 10.00. The Morgan fingerprint density at radius 1 is 1.29 bits per heavy atom. The van der Waals surface area contributed by atoms with Crippen LogP contribution in [-0.4, -0.2) is 32.4 Å². The maximum absolute atomic E-state index is 13.8. The zero-order chi connectivity index (χ0) is 21.3. The molecule has 1 N–H and O–H groups in total. The lowest BCUT2D eigenvalue weighted by atomic mass is 9.55. The Balaban J connectivity index is 1.38. The van der Waals surface area contributed by atoms with E-state index in [1.165, 1.54) is 11.1 Å². The fourth-order valence-electron chi connectivity index (χ4n) is 6.82. The van der Waals surface area contributed by atoms with Gasteiger partial charge in [0.1, 0.15) is 16.9 Å². The molecule has 31 heavy (non-hydrogen) atoms. The molecule has 2 aromatic heterocycles. The van der Waals surface area contributed by atoms with E-state index in [4.69, 9.17) is 17.0 Å². The summed E-state index contributed by atoms with van der Waals surface area (Å²) in [5.74, 6) is 2.76. The molecule has 2 saturated carbocycles. The molecule has 3 aromatic rings. The fourth-order valence-corrected chi connectivity index (χ4v) is 7.03. The summed E-state index contributed by atoms with van der Waals surface area (Å²) in [4.78, 5) is 25.5. The monoisotopic (exact) mass is 434 g/mol. The van der Waals surface area contributed by atoms with Gasteiger partial charge in [-0.1, -0.05) is 25.2 Å². The van der Waals surface area contributed by atoms with Crippen LogP contribution in [0.15, 0.2) is 30.9 Å². The smallest absolute Gasteiger partial charge is 0.161 e. The molecule has 6 rings (SSSR count). The van der Waals surface area contributed by atoms with Crippen LogP contribution in [0.4, 0.5) is 0 Å². The number of H-pyrrole nitrogens is 1. The van der Waals surface area contributed by atoms with Crippen molar-refractivity contribution in [3.63, 3.8) is 0 Å². The molecule has 2 heterocycles. The van der Waals surface area contributed by atoms with Crippen molar-refractivity contribution in [2.45, 2.75) is 51.0 Å². The lowest BCUT2D eigenvalue weighted by Gasteiger charge is -2.48. The van der Waals surface area contributed by atoms with Gasteiger partial charge in [0.05, 0.1) is 25.8 Å². The molecule has 0 radical (unpaired) electrons. The number of rotatable bonds is 2. The number of aromatic nitrogens is 4. The number of hydrogen-bond acceptors (Lipinski definition) is 5. The summed E-state index contributed by atoms with van der Waals surface area (Å²) in [6.07, 6.45) is 8.46. The molecule has 5 atom stereocenters. The Kier molecular flexibility index (Phi) is 4.16. The molecule has 0 bridgehead atoms. The van der Waals surface area contributed by atoms with Gasteiger partial charge < -0.3 is 14.3 Å². The van der Waals surface area contributed by atoms with E-state index in [2.05, 4.69) is 40.1 Å². The van der Waals surface area contributed by atoms with Crippen LogP contribution in [0, 0.1) is 21.9 Å². The first kappa shape index (κ1) is 19.2. The van der Waals surface area contributed by atoms with Gasteiger partial charge in [-0.2, -0.15) is 0 Å². The van der Waals surface area contributed by atoms with Gasteiger partial charge in [0.2, 0.25) is 0 Å². The molecule has 2 fully saturated rings. The van der Waals surface area contributed by atoms with Crippen molar-refractivity contribution in [1.29, 1.82) is 0 Å². The van der Waals surface area contributed by atoms with Gasteiger partial charge in [0, 0.05) is 5.41 Å². The second-order valence-electron chi connectivity index (χ2n) is 9.61. The summed E-state index contributed by atoms with van der Waals surface area (Å²) >= 11 is 5.33. The topological polar surface area (TPSA) is 72.8 Å². The third-order valence-corrected chi connectivity index (χ3v) is 8.68. The van der Waals surface area contributed by atoms with Crippen LogP contribution >= 0.6 is 12.2 Å². The number of fused-ring (bicyclic) bond motifs is 6. The maximum atomic E-state index is 13.8. The van der Waals surface area contributed by atoms with E-state index in [0.29, 0.717) is 33.7 Å². The largest absolute Gasteiger partial charge is 0.497 e. The number of carbonyl (C=O) groups is 1. The molecule has 6 nitrogen and oxygen atoms in total. The second kappa shape index (κ2) is 6.73. The minimum Gasteiger partial charge on any atom is -0.497 e. The van der Waals surface area contributed by atoms with Gasteiger partial charge in [-0.15, -0.1) is 0 Å². The molecule has 7 heteroatoms. The van der Waals surface area contributed by atoms with Crippen molar-refractivity contribution in [3.05, 3.63) is 46.6 Å². The van der Waals surface area contributed by atoms with E-state index in [-0.39, 0.29) is 11.5 Å². The summed E-state index contributed by atoms with van der Waals surface area (Å²) in [7, 11) is 1.73. The summed E-state index contributed by atoms with van der Waals surface area (Å²) in [5, 5.41) is 0. The van der Waals surface area contributed by atoms with Gasteiger partial charge >= 0.3 is 0 Å². The van der Waals surface area contributed by atoms with Crippen LogP contribution in [0.2, 0.25) is 0 Å². The summed E-state index contributed by atoms with van der Waals surface area (Å²) < 4.78 is 7.93. The molecule has 1 aromatic carbocycles. The average Bonchev–Trinajstić information content (AvgIpc) is 3.33. The van der Waals surface area contributed by atoms with Crippen molar-refractivity contribution in [2.75, 3.05) is 7.11 Å². The molecule has 0 saturated heterocycles. The first-order valence-corrected chi connectivity index (χ1v) is 11.5. The van der Waals surface area contributed by atoms with E-state index < -0.39 is 0 Å². The number of imidazole rings is 1. The standard InChI is InChI=1S/C24H26N4O2S/c1-24-8-7-16-15-6-4-14(30-2)9-13(15)3-5-17(16)18(24)10-19(21(24)29)28-12-27-20-22(28)25-11-26-23(20)31/h4,6,9,11-12,16-19H,3,5,7-8,10H2,1-2H3,(H,25,26,31)/t16-,17+,18+,19+,24+/m1/s1. The number of methoxy groups -OCH3 is 1. The number of benzene rings is 1. The Labute approximate surface area is 186 Å². The number of aryl methyl sites for hydroxylation is 1. The predicted molar refractivity (Wildman–Crippen MR) is 120 cm³/mol. The molecule has 0 amide bonds. The minimum absolute atomic E-state index is 0.191. The van der Waals surface area contributed by atoms with Crippen LogP contribution in [0.1, 0.15) is 55.7 Å². The van der Waals surface area contributed by atoms with Crippen molar-refractivity contribution in [1.82, 2.24) is 19.5 Å². The van der Waals surface area contributed by atoms with E-state index in [1.807, 2.05) is 4.57 Å². The fraction of sp³-hybridized carbons (Fsp3) is 0.500. The molecule has 3 aliphatic carbocycles. The Bertz CT molecular complexity index is 1260. The summed E-state index contributed by atoms with van der Waals surface area (Å²) in [6.45, 7) is 2.21. The Hall–Kier alpha value is -2.54. The predicted octanol–water partition coefficient (Wildman–Crippen LogP) is 4.77. The SMILES string of the molecule is COc1ccc2c(c1)CC[C@H]1[C@@H]2CC[C@]2(C)C(=O)[C@@H](n3cnc4c(=S)nc[nH]c43)C[C@@H]12. The lowest BCUT2D eigenvalue weighted by Crippen LogP contribution is -2.42. The highest BCUT2D eigenvalue weighted by molar-refractivity contribution is 7.71. The zero-order valence-corrected chi connectivity index (χ0v) is 18.6. The van der Waals surface area contributed by atoms with E-state index in [0.717, 1.165) is 43.5 Å². The number of ketones is 1. The maximum Gasteiger partial charge on any atom is 0.161 e. The van der Waals surface area contributed by atoms with Crippen molar-refractivity contribution < 1.29 is 9.53 Å². The van der Waals surface area contributed by atoms with Gasteiger partial charge in [-0.3, -0.25) is 4.79 Å². The molecule has 160 valence electrons. The first-order valence-electron chi connectivity index (χ1n) is 11.1. The molecule has 3 aliphatic rings. The number of ether oxygens (including phenoxy) is 1. The Morgan fingerprint density at radius 3 is 3.00 bits per heavy atom. The zero-order valence-electron chi connectivity index (χ0n) is 17.8. The number of nitrogens with zero attached hydrogens (tertiary/aromatic N) is 3. The highest BCUT2D eigenvalue weighted by Gasteiger charge is 2.58. The lowest BCUT2D eigenvalue weighted by molar-refractivity contribution is -0.131. The summed E-state index contributed by atoms with van der Waals surface area (Å²) in [6, 6.07) is 6.36. The number of carbonyl (C=O) groups excluding carboxylic acids is 1. The Morgan fingerprint density at radius 2 is 2.16 bits per heavy atom. The van der Waals surface area contributed by atoms with Crippen LogP contribution in [0.5, 0.6) is 5.75 Å². The van der Waals surface area contributed by atoms with Crippen LogP contribution in [0.3, 0.4) is 0 Å². The van der Waals surface area contributed by atoms with Crippen LogP contribution < -0.4 is 4.74 Å². The average molecular weight is 435 g/mol. The highest BCUT2D eigenvalue weighted by atomic mass is 32.1. The van der Waals surface area contributed by atoms with E-state index in [9.17, 15) is 4.79 Å². The number of aromatic amines is 1. The normalized spacial score (nSPS) is 31.9. The third kappa shape index (κ3) is 2.62. The molecular weight excluding hydrogens is 408 g/mol. The van der Waals surface area contributed by atoms with E-state index >= 15 is 0 Å². The van der Waals surface area contributed by atoms with Gasteiger partial charge in [-0.05, 0) is 73.1 Å². The number of hydrogen-bond donors (Lipinski definition) is 1. The van der Waals surface area contributed by atoms with Crippen molar-refractivity contribution >= 4 is 29.2 Å². The number of Topliss-reactive ketones (excluding diaryl/α,β-unsaturated/α-hetero) is 1. The van der Waals surface area contributed by atoms with Gasteiger partial charge in [0.15, 0.2) is 10.4 Å². The van der Waals surface area contributed by atoms with Crippen molar-refractivity contribution in [3.8, 4) is 5.75 Å². The molecular formula is C24H26N4O2S. The van der Waals surface area contributed by atoms with Crippen LogP contribution in [0.25, 0.3) is 11.2 Å². The third-order valence-electron chi connectivity index (χ3n) is 8.38. The first-order chi connectivity index (χ1) is 15.0. The van der Waals surface area contributed by atoms with Crippen molar-refractivity contribution in [2.24, 2.45) is 17.3 Å². The van der Waals surface area contributed by atoms with E-state index in [1.54, 1.807) is 19.8 Å². The minimum atomic E-state index is -0.268. The van der Waals surface area contributed by atoms with Gasteiger partial charge in [0.25, 0.3) is 0 Å². The van der Waals surface area contributed by atoms with Gasteiger partial charge in [-0.25, -0.2) is 9.97 Å². The molecule has 0 aliphatic heterocycles. The quantitative estimate of drug-likeness (QED) is 0.588. The highest BCUT2D eigenvalue weighted by Crippen LogP contribution is 2.61. The summed E-state index contributed by atoms with van der Waals surface area (Å²) in [5.41, 5.74) is 4.10.